The first kappa shape index (κ1) is 17.6. The van der Waals surface area contributed by atoms with E-state index in [0.29, 0.717) is 5.56 Å². The highest BCUT2D eigenvalue weighted by Crippen LogP contribution is 2.18. The van der Waals surface area contributed by atoms with Crippen LogP contribution in [0.2, 0.25) is 0 Å². The highest BCUT2D eigenvalue weighted by atomic mass is 19.1. The van der Waals surface area contributed by atoms with Crippen LogP contribution in [0.1, 0.15) is 29.9 Å². The van der Waals surface area contributed by atoms with Crippen LogP contribution in [0.4, 0.5) is 4.39 Å². The molecule has 26 heavy (non-hydrogen) atoms. The monoisotopic (exact) mass is 349 g/mol. The smallest absolute Gasteiger partial charge is 0.244 e. The van der Waals surface area contributed by atoms with Crippen LogP contribution in [0.3, 0.4) is 0 Å². The lowest BCUT2D eigenvalue weighted by atomic mass is 10.1. The lowest BCUT2D eigenvalue weighted by Gasteiger charge is -2.15. The molecule has 132 valence electrons. The van der Waals surface area contributed by atoms with E-state index >= 15 is 0 Å². The molecule has 4 nitrogen and oxygen atoms in total. The van der Waals surface area contributed by atoms with Gasteiger partial charge in [0.1, 0.15) is 11.6 Å². The number of hydrogen-bond acceptors (Lipinski definition) is 2. The van der Waals surface area contributed by atoms with Gasteiger partial charge in [0.05, 0.1) is 6.04 Å². The van der Waals surface area contributed by atoms with Crippen LogP contribution in [-0.2, 0) is 4.79 Å². The van der Waals surface area contributed by atoms with Crippen LogP contribution in [0, 0.1) is 12.7 Å². The van der Waals surface area contributed by atoms with Crippen molar-refractivity contribution in [2.24, 2.45) is 0 Å². The van der Waals surface area contributed by atoms with Crippen molar-refractivity contribution in [2.75, 3.05) is 0 Å². The number of hydrogen-bond donors (Lipinski definition) is 1. The summed E-state index contributed by atoms with van der Waals surface area (Å²) in [5.41, 5.74) is 2.34. The van der Waals surface area contributed by atoms with E-state index in [4.69, 9.17) is 0 Å². The van der Waals surface area contributed by atoms with Gasteiger partial charge in [0, 0.05) is 29.7 Å². The molecule has 1 N–H and O–H groups in total. The molecule has 1 aromatic heterocycles. The molecule has 1 amide bonds. The number of rotatable bonds is 5. The second kappa shape index (κ2) is 7.78. The van der Waals surface area contributed by atoms with Gasteiger partial charge in [-0.2, -0.15) is 0 Å². The van der Waals surface area contributed by atoms with Gasteiger partial charge in [0.15, 0.2) is 0 Å². The van der Waals surface area contributed by atoms with Crippen molar-refractivity contribution < 1.29 is 9.18 Å². The third kappa shape index (κ3) is 4.06. The van der Waals surface area contributed by atoms with Crippen LogP contribution < -0.4 is 5.32 Å². The maximum atomic E-state index is 13.6. The van der Waals surface area contributed by atoms with Crippen LogP contribution >= 0.6 is 0 Å². The minimum atomic E-state index is -0.354. The van der Waals surface area contributed by atoms with E-state index in [1.54, 1.807) is 24.4 Å². The molecule has 1 atom stereocenters. The maximum Gasteiger partial charge on any atom is 0.244 e. The number of imidazole rings is 1. The van der Waals surface area contributed by atoms with Crippen molar-refractivity contribution in [1.82, 2.24) is 14.9 Å². The molecule has 0 aliphatic carbocycles. The first-order valence-electron chi connectivity index (χ1n) is 8.38. The zero-order valence-corrected chi connectivity index (χ0v) is 14.7. The van der Waals surface area contributed by atoms with Gasteiger partial charge >= 0.3 is 0 Å². The van der Waals surface area contributed by atoms with Gasteiger partial charge in [0.2, 0.25) is 5.91 Å². The number of halogens is 1. The van der Waals surface area contributed by atoms with Gasteiger partial charge in [-0.15, -0.1) is 0 Å². The molecule has 0 bridgehead atoms. The Kier molecular flexibility index (Phi) is 5.27. The van der Waals surface area contributed by atoms with Crippen molar-refractivity contribution in [1.29, 1.82) is 0 Å². The summed E-state index contributed by atoms with van der Waals surface area (Å²) >= 11 is 0. The van der Waals surface area contributed by atoms with Crippen molar-refractivity contribution >= 4 is 12.0 Å². The van der Waals surface area contributed by atoms with Gasteiger partial charge in [-0.3, -0.25) is 4.79 Å². The number of benzene rings is 2. The molecule has 0 aliphatic heterocycles. The normalized spacial score (nSPS) is 12.3. The largest absolute Gasteiger partial charge is 0.346 e. The fourth-order valence-electron chi connectivity index (χ4n) is 2.72. The Morgan fingerprint density at radius 3 is 2.77 bits per heavy atom. The van der Waals surface area contributed by atoms with Crippen LogP contribution in [0.15, 0.2) is 67.0 Å². The molecule has 0 aliphatic rings. The Morgan fingerprint density at radius 1 is 1.23 bits per heavy atom. The fraction of sp³-hybridized carbons (Fsp3) is 0.143. The number of aromatic nitrogens is 2. The molecule has 2 aromatic carbocycles. The van der Waals surface area contributed by atoms with Crippen molar-refractivity contribution in [3.8, 4) is 5.69 Å². The molecule has 0 fully saturated rings. The standard InChI is InChI=1S/C21H20FN3O/c1-15(24-21(26)11-10-17-6-3-4-9-20(17)22)18-7-5-8-19(14-18)25-13-12-23-16(25)2/h3-15H,1-2H3,(H,24,26)/b11-10+/t15-/m0/s1. The summed E-state index contributed by atoms with van der Waals surface area (Å²) in [7, 11) is 0. The molecule has 0 unspecified atom stereocenters. The predicted molar refractivity (Wildman–Crippen MR) is 100 cm³/mol. The summed E-state index contributed by atoms with van der Waals surface area (Å²) in [6, 6.07) is 14.1. The van der Waals surface area contributed by atoms with Gasteiger partial charge in [-0.05, 0) is 43.7 Å². The second-order valence-corrected chi connectivity index (χ2v) is 6.02. The number of carbonyl (C=O) groups excluding carboxylic acids is 1. The number of nitrogens with one attached hydrogen (secondary N) is 1. The highest BCUT2D eigenvalue weighted by molar-refractivity contribution is 5.92. The number of amides is 1. The van der Waals surface area contributed by atoms with E-state index in [1.807, 2.05) is 48.9 Å². The van der Waals surface area contributed by atoms with Crippen LogP contribution in [0.5, 0.6) is 0 Å². The average Bonchev–Trinajstić information content (AvgIpc) is 3.07. The third-order valence-electron chi connectivity index (χ3n) is 4.15. The molecule has 0 radical (unpaired) electrons. The number of carbonyl (C=O) groups is 1. The quantitative estimate of drug-likeness (QED) is 0.702. The summed E-state index contributed by atoms with van der Waals surface area (Å²) in [5, 5.41) is 2.90. The zero-order valence-electron chi connectivity index (χ0n) is 14.7. The summed E-state index contributed by atoms with van der Waals surface area (Å²) in [6.45, 7) is 3.85. The van der Waals surface area contributed by atoms with Gasteiger partial charge < -0.3 is 9.88 Å². The van der Waals surface area contributed by atoms with Gasteiger partial charge in [-0.1, -0.05) is 30.3 Å². The molecule has 0 spiro atoms. The van der Waals surface area contributed by atoms with Crippen LogP contribution in [0.25, 0.3) is 11.8 Å². The number of nitrogens with zero attached hydrogens (tertiary/aromatic N) is 2. The summed E-state index contributed by atoms with van der Waals surface area (Å²) in [5.74, 6) is 0.268. The summed E-state index contributed by atoms with van der Waals surface area (Å²) < 4.78 is 15.6. The van der Waals surface area contributed by atoms with Crippen molar-refractivity contribution in [3.05, 3.63) is 89.8 Å². The van der Waals surface area contributed by atoms with Crippen molar-refractivity contribution in [3.63, 3.8) is 0 Å². The lowest BCUT2D eigenvalue weighted by molar-refractivity contribution is -0.117. The Hall–Kier alpha value is -3.21. The Labute approximate surface area is 152 Å². The molecule has 0 saturated heterocycles. The SMILES string of the molecule is Cc1nccn1-c1cccc([C@H](C)NC(=O)/C=C/c2ccccc2F)c1. The number of aryl methyl sites for hydroxylation is 1. The Morgan fingerprint density at radius 2 is 2.04 bits per heavy atom. The first-order chi connectivity index (χ1) is 12.5. The zero-order chi connectivity index (χ0) is 18.5. The molecular weight excluding hydrogens is 329 g/mol. The minimum absolute atomic E-state index is 0.184. The van der Waals surface area contributed by atoms with Crippen LogP contribution in [-0.4, -0.2) is 15.5 Å². The van der Waals surface area contributed by atoms with E-state index in [0.717, 1.165) is 17.1 Å². The molecule has 0 saturated carbocycles. The van der Waals surface area contributed by atoms with Crippen molar-refractivity contribution in [2.45, 2.75) is 19.9 Å². The minimum Gasteiger partial charge on any atom is -0.346 e. The first-order valence-corrected chi connectivity index (χ1v) is 8.38. The molecule has 1 heterocycles. The summed E-state index contributed by atoms with van der Waals surface area (Å²) in [6.07, 6.45) is 6.47. The third-order valence-corrected chi connectivity index (χ3v) is 4.15. The summed E-state index contributed by atoms with van der Waals surface area (Å²) in [4.78, 5) is 16.4. The van der Waals surface area contributed by atoms with Gasteiger partial charge in [0.25, 0.3) is 0 Å². The molecule has 3 rings (SSSR count). The Balaban J connectivity index is 1.70. The predicted octanol–water partition coefficient (Wildman–Crippen LogP) is 4.21. The average molecular weight is 349 g/mol. The molecule has 5 heteroatoms. The molecule has 3 aromatic rings. The van der Waals surface area contributed by atoms with E-state index in [2.05, 4.69) is 10.3 Å². The van der Waals surface area contributed by atoms with E-state index in [-0.39, 0.29) is 17.8 Å². The van der Waals surface area contributed by atoms with E-state index < -0.39 is 0 Å². The highest BCUT2D eigenvalue weighted by Gasteiger charge is 2.09. The maximum absolute atomic E-state index is 13.6. The topological polar surface area (TPSA) is 46.9 Å². The molecular formula is C21H20FN3O. The lowest BCUT2D eigenvalue weighted by Crippen LogP contribution is -2.24. The van der Waals surface area contributed by atoms with E-state index in [9.17, 15) is 9.18 Å². The Bertz CT molecular complexity index is 946. The van der Waals surface area contributed by atoms with Gasteiger partial charge in [-0.25, -0.2) is 9.37 Å². The van der Waals surface area contributed by atoms with E-state index in [1.165, 1.54) is 18.2 Å². The fourth-order valence-corrected chi connectivity index (χ4v) is 2.72. The second-order valence-electron chi connectivity index (χ2n) is 6.02.